The van der Waals surface area contributed by atoms with Gasteiger partial charge in [-0.3, -0.25) is 9.36 Å². The predicted molar refractivity (Wildman–Crippen MR) is 101 cm³/mol. The molecule has 0 atom stereocenters. The SMILES string of the molecule is Cc1ccc(-n2cnnc2SCC(=O)N2CCCN(C)CC2)cc1Cl. The maximum Gasteiger partial charge on any atom is 0.233 e. The van der Waals surface area contributed by atoms with Gasteiger partial charge in [-0.05, 0) is 44.6 Å². The molecular weight excluding hydrogens is 358 g/mol. The molecule has 1 aromatic heterocycles. The number of carbonyl (C=O) groups excluding carboxylic acids is 1. The zero-order valence-corrected chi connectivity index (χ0v) is 16.1. The van der Waals surface area contributed by atoms with Crippen molar-refractivity contribution in [2.45, 2.75) is 18.5 Å². The number of likely N-dealkylation sites (N-methyl/N-ethyl adjacent to an activating group) is 1. The maximum atomic E-state index is 12.5. The van der Waals surface area contributed by atoms with Gasteiger partial charge in [-0.2, -0.15) is 0 Å². The van der Waals surface area contributed by atoms with Gasteiger partial charge in [0.15, 0.2) is 5.16 Å². The van der Waals surface area contributed by atoms with Gasteiger partial charge in [0.1, 0.15) is 6.33 Å². The zero-order chi connectivity index (χ0) is 17.8. The number of carbonyl (C=O) groups is 1. The summed E-state index contributed by atoms with van der Waals surface area (Å²) >= 11 is 7.62. The first kappa shape index (κ1) is 18.2. The second kappa shape index (κ2) is 8.21. The fraction of sp³-hybridized carbons (Fsp3) is 0.471. The number of nitrogens with zero attached hydrogens (tertiary/aromatic N) is 5. The number of rotatable bonds is 4. The van der Waals surface area contributed by atoms with E-state index in [0.29, 0.717) is 15.9 Å². The van der Waals surface area contributed by atoms with Crippen molar-refractivity contribution in [2.75, 3.05) is 39.0 Å². The van der Waals surface area contributed by atoms with Crippen LogP contribution in [0.5, 0.6) is 0 Å². The highest BCUT2D eigenvalue weighted by Gasteiger charge is 2.19. The first-order valence-corrected chi connectivity index (χ1v) is 9.66. The normalized spacial score (nSPS) is 16.0. The fourth-order valence-electron chi connectivity index (χ4n) is 2.75. The van der Waals surface area contributed by atoms with Crippen molar-refractivity contribution in [1.29, 1.82) is 0 Å². The molecule has 6 nitrogen and oxygen atoms in total. The molecule has 0 radical (unpaired) electrons. The molecule has 1 aliphatic heterocycles. The number of halogens is 1. The van der Waals surface area contributed by atoms with Gasteiger partial charge in [0.25, 0.3) is 0 Å². The first-order chi connectivity index (χ1) is 12.0. The van der Waals surface area contributed by atoms with Gasteiger partial charge >= 0.3 is 0 Å². The Labute approximate surface area is 157 Å². The largest absolute Gasteiger partial charge is 0.341 e. The van der Waals surface area contributed by atoms with E-state index < -0.39 is 0 Å². The summed E-state index contributed by atoms with van der Waals surface area (Å²) in [5, 5.41) is 9.53. The van der Waals surface area contributed by atoms with Gasteiger partial charge in [0, 0.05) is 24.7 Å². The van der Waals surface area contributed by atoms with E-state index in [1.165, 1.54) is 11.8 Å². The molecule has 0 bridgehead atoms. The minimum atomic E-state index is 0.150. The predicted octanol–water partition coefficient (Wildman–Crippen LogP) is 2.49. The summed E-state index contributed by atoms with van der Waals surface area (Å²) in [6.07, 6.45) is 2.67. The van der Waals surface area contributed by atoms with Gasteiger partial charge in [-0.15, -0.1) is 10.2 Å². The van der Waals surface area contributed by atoms with Gasteiger partial charge < -0.3 is 9.80 Å². The first-order valence-electron chi connectivity index (χ1n) is 8.30. The number of thioether (sulfide) groups is 1. The summed E-state index contributed by atoms with van der Waals surface area (Å²) in [6, 6.07) is 5.82. The summed E-state index contributed by atoms with van der Waals surface area (Å²) in [5.74, 6) is 0.513. The molecular formula is C17H22ClN5OS. The Hall–Kier alpha value is -1.57. The second-order valence-corrected chi connectivity index (χ2v) is 7.59. The lowest BCUT2D eigenvalue weighted by Gasteiger charge is -2.20. The highest BCUT2D eigenvalue weighted by molar-refractivity contribution is 7.99. The second-order valence-electron chi connectivity index (χ2n) is 6.24. The van der Waals surface area contributed by atoms with Crippen LogP contribution in [-0.4, -0.2) is 69.5 Å². The topological polar surface area (TPSA) is 54.3 Å². The van der Waals surface area contributed by atoms with E-state index in [1.807, 2.05) is 34.6 Å². The van der Waals surface area contributed by atoms with Crippen LogP contribution in [0, 0.1) is 6.92 Å². The third-order valence-corrected chi connectivity index (χ3v) is 5.68. The Bertz CT molecular complexity index is 750. The van der Waals surface area contributed by atoms with Crippen LogP contribution < -0.4 is 0 Å². The maximum absolute atomic E-state index is 12.5. The number of benzene rings is 1. The van der Waals surface area contributed by atoms with Crippen molar-refractivity contribution < 1.29 is 4.79 Å². The lowest BCUT2D eigenvalue weighted by atomic mass is 10.2. The lowest BCUT2D eigenvalue weighted by Crippen LogP contribution is -2.35. The quantitative estimate of drug-likeness (QED) is 0.764. The van der Waals surface area contributed by atoms with Crippen LogP contribution in [0.15, 0.2) is 29.7 Å². The molecule has 3 rings (SSSR count). The van der Waals surface area contributed by atoms with Crippen LogP contribution in [0.25, 0.3) is 5.69 Å². The van der Waals surface area contributed by atoms with E-state index in [2.05, 4.69) is 22.1 Å². The molecule has 0 saturated carbocycles. The van der Waals surface area contributed by atoms with Crippen molar-refractivity contribution >= 4 is 29.3 Å². The lowest BCUT2D eigenvalue weighted by molar-refractivity contribution is -0.128. The standard InChI is InChI=1S/C17H22ClN5OS/c1-13-4-5-14(10-15(13)18)23-12-19-20-17(23)25-11-16(24)22-7-3-6-21(2)8-9-22/h4-5,10,12H,3,6-9,11H2,1-2H3. The van der Waals surface area contributed by atoms with Crippen LogP contribution in [0.2, 0.25) is 5.02 Å². The van der Waals surface area contributed by atoms with E-state index in [-0.39, 0.29) is 5.91 Å². The molecule has 1 aliphatic rings. The van der Waals surface area contributed by atoms with Crippen LogP contribution in [0.4, 0.5) is 0 Å². The summed E-state index contributed by atoms with van der Waals surface area (Å²) in [7, 11) is 2.10. The summed E-state index contributed by atoms with van der Waals surface area (Å²) in [6.45, 7) is 5.54. The van der Waals surface area contributed by atoms with Crippen molar-refractivity contribution in [3.8, 4) is 5.69 Å². The fourth-order valence-corrected chi connectivity index (χ4v) is 3.75. The summed E-state index contributed by atoms with van der Waals surface area (Å²) < 4.78 is 1.86. The molecule has 0 N–H and O–H groups in total. The molecule has 25 heavy (non-hydrogen) atoms. The van der Waals surface area contributed by atoms with Crippen LogP contribution in [0.1, 0.15) is 12.0 Å². The highest BCUT2D eigenvalue weighted by atomic mass is 35.5. The third kappa shape index (κ3) is 4.54. The molecule has 1 saturated heterocycles. The Morgan fingerprint density at radius 2 is 2.12 bits per heavy atom. The van der Waals surface area contributed by atoms with Crippen molar-refractivity contribution in [1.82, 2.24) is 24.6 Å². The molecule has 1 fully saturated rings. The summed E-state index contributed by atoms with van der Waals surface area (Å²) in [4.78, 5) is 16.7. The van der Waals surface area contributed by atoms with E-state index in [9.17, 15) is 4.79 Å². The molecule has 134 valence electrons. The molecule has 2 aromatic rings. The minimum absolute atomic E-state index is 0.150. The van der Waals surface area contributed by atoms with E-state index in [0.717, 1.165) is 43.9 Å². The molecule has 0 spiro atoms. The van der Waals surface area contributed by atoms with Crippen molar-refractivity contribution in [3.05, 3.63) is 35.1 Å². The number of amides is 1. The summed E-state index contributed by atoms with van der Waals surface area (Å²) in [5.41, 5.74) is 1.92. The Kier molecular flexibility index (Phi) is 5.98. The number of aryl methyl sites for hydroxylation is 1. The number of aromatic nitrogens is 3. The minimum Gasteiger partial charge on any atom is -0.341 e. The highest BCUT2D eigenvalue weighted by Crippen LogP contribution is 2.24. The van der Waals surface area contributed by atoms with Crippen LogP contribution in [0.3, 0.4) is 0 Å². The molecule has 2 heterocycles. The van der Waals surface area contributed by atoms with Gasteiger partial charge in [-0.25, -0.2) is 0 Å². The van der Waals surface area contributed by atoms with Gasteiger partial charge in [-0.1, -0.05) is 29.4 Å². The molecule has 0 unspecified atom stereocenters. The molecule has 8 heteroatoms. The van der Waals surface area contributed by atoms with Crippen LogP contribution >= 0.6 is 23.4 Å². The molecule has 1 amide bonds. The third-order valence-electron chi connectivity index (χ3n) is 4.35. The Balaban J connectivity index is 1.65. The van der Waals surface area contributed by atoms with Crippen LogP contribution in [-0.2, 0) is 4.79 Å². The Morgan fingerprint density at radius 3 is 2.92 bits per heavy atom. The molecule has 1 aromatic carbocycles. The van der Waals surface area contributed by atoms with Crippen molar-refractivity contribution in [2.24, 2.45) is 0 Å². The van der Waals surface area contributed by atoms with Gasteiger partial charge in [0.2, 0.25) is 5.91 Å². The zero-order valence-electron chi connectivity index (χ0n) is 14.5. The monoisotopic (exact) mass is 379 g/mol. The van der Waals surface area contributed by atoms with Gasteiger partial charge in [0.05, 0.1) is 11.4 Å². The average Bonchev–Trinajstić information content (AvgIpc) is 2.96. The Morgan fingerprint density at radius 1 is 1.28 bits per heavy atom. The smallest absolute Gasteiger partial charge is 0.233 e. The molecule has 0 aliphatic carbocycles. The van der Waals surface area contributed by atoms with E-state index >= 15 is 0 Å². The van der Waals surface area contributed by atoms with E-state index in [4.69, 9.17) is 11.6 Å². The number of hydrogen-bond donors (Lipinski definition) is 0. The average molecular weight is 380 g/mol. The van der Waals surface area contributed by atoms with E-state index in [1.54, 1.807) is 6.33 Å². The number of hydrogen-bond acceptors (Lipinski definition) is 5. The van der Waals surface area contributed by atoms with Crippen molar-refractivity contribution in [3.63, 3.8) is 0 Å².